The second kappa shape index (κ2) is 8.18. The minimum absolute atomic E-state index is 0.00356. The number of nitrogens with one attached hydrogen (secondary N) is 2. The van der Waals surface area contributed by atoms with Crippen LogP contribution in [0.15, 0.2) is 54.9 Å². The lowest BCUT2D eigenvalue weighted by Gasteiger charge is -2.13. The van der Waals surface area contributed by atoms with Crippen molar-refractivity contribution in [2.24, 2.45) is 0 Å². The Labute approximate surface area is 157 Å². The molecule has 4 N–H and O–H groups in total. The number of hydrogen-bond donors (Lipinski definition) is 3. The van der Waals surface area contributed by atoms with Gasteiger partial charge >= 0.3 is 0 Å². The highest BCUT2D eigenvalue weighted by Crippen LogP contribution is 2.26. The van der Waals surface area contributed by atoms with Crippen molar-refractivity contribution in [2.75, 3.05) is 23.5 Å². The summed E-state index contributed by atoms with van der Waals surface area (Å²) in [7, 11) is 1.63. The van der Waals surface area contributed by atoms with Crippen LogP contribution < -0.4 is 21.1 Å². The molecule has 0 unspecified atom stereocenters. The molecule has 3 aromatic rings. The predicted octanol–water partition coefficient (Wildman–Crippen LogP) is 3.63. The Morgan fingerprint density at radius 3 is 2.56 bits per heavy atom. The third kappa shape index (κ3) is 4.52. The van der Waals surface area contributed by atoms with Gasteiger partial charge in [0, 0.05) is 17.8 Å². The minimum atomic E-state index is -0.00356. The molecule has 0 aliphatic carbocycles. The molecular weight excluding hydrogens is 342 g/mol. The van der Waals surface area contributed by atoms with Crippen LogP contribution in [-0.4, -0.2) is 22.9 Å². The molecule has 0 saturated carbocycles. The van der Waals surface area contributed by atoms with Crippen LogP contribution in [-0.2, 0) is 6.54 Å². The van der Waals surface area contributed by atoms with Crippen molar-refractivity contribution in [3.8, 4) is 5.75 Å². The van der Waals surface area contributed by atoms with E-state index in [4.69, 9.17) is 10.5 Å². The number of hydrogen-bond acceptors (Lipinski definition) is 7. The van der Waals surface area contributed by atoms with Crippen molar-refractivity contribution < 1.29 is 9.53 Å². The van der Waals surface area contributed by atoms with Crippen molar-refractivity contribution in [1.82, 2.24) is 9.97 Å². The number of rotatable bonds is 7. The van der Waals surface area contributed by atoms with Gasteiger partial charge in [-0.1, -0.05) is 24.3 Å². The summed E-state index contributed by atoms with van der Waals surface area (Å²) >= 11 is 0. The summed E-state index contributed by atoms with van der Waals surface area (Å²) in [4.78, 5) is 19.9. The Balaban J connectivity index is 1.73. The molecule has 0 saturated heterocycles. The van der Waals surface area contributed by atoms with Gasteiger partial charge in [0.25, 0.3) is 0 Å². The van der Waals surface area contributed by atoms with E-state index in [9.17, 15) is 4.79 Å². The molecule has 0 radical (unpaired) electrons. The van der Waals surface area contributed by atoms with Gasteiger partial charge in [0.2, 0.25) is 0 Å². The average Bonchev–Trinajstić information content (AvgIpc) is 2.69. The van der Waals surface area contributed by atoms with E-state index in [1.54, 1.807) is 25.3 Å². The maximum atomic E-state index is 11.5. The average molecular weight is 363 g/mol. The van der Waals surface area contributed by atoms with E-state index in [-0.39, 0.29) is 5.78 Å². The van der Waals surface area contributed by atoms with E-state index < -0.39 is 0 Å². The molecule has 7 nitrogen and oxygen atoms in total. The van der Waals surface area contributed by atoms with Gasteiger partial charge in [-0.2, -0.15) is 0 Å². The molecule has 7 heteroatoms. The Bertz CT molecular complexity index is 941. The van der Waals surface area contributed by atoms with Crippen LogP contribution in [0.4, 0.5) is 23.0 Å². The van der Waals surface area contributed by atoms with Crippen LogP contribution in [0.1, 0.15) is 22.8 Å². The van der Waals surface area contributed by atoms with Gasteiger partial charge in [0.05, 0.1) is 7.11 Å². The number of nitrogens with two attached hydrogens (primary N) is 1. The summed E-state index contributed by atoms with van der Waals surface area (Å²) in [5.74, 6) is 1.81. The standard InChI is InChI=1S/C20H21N5O2/c1-13(26)15-4-3-5-16(10-15)25-20-18(21)19(23-12-24-20)22-11-14-6-8-17(27-2)9-7-14/h3-10,12H,11,21H2,1-2H3,(H2,22,23,24,25). The van der Waals surface area contributed by atoms with Crippen LogP contribution in [0.25, 0.3) is 0 Å². The van der Waals surface area contributed by atoms with E-state index >= 15 is 0 Å². The number of nitrogens with zero attached hydrogens (tertiary/aromatic N) is 2. The fourth-order valence-corrected chi connectivity index (χ4v) is 2.52. The summed E-state index contributed by atoms with van der Waals surface area (Å²) < 4.78 is 5.16. The zero-order valence-electron chi connectivity index (χ0n) is 15.2. The van der Waals surface area contributed by atoms with Crippen molar-refractivity contribution in [1.29, 1.82) is 0 Å². The molecule has 2 aromatic carbocycles. The molecule has 0 aliphatic rings. The largest absolute Gasteiger partial charge is 0.497 e. The van der Waals surface area contributed by atoms with Gasteiger partial charge in [-0.25, -0.2) is 9.97 Å². The van der Waals surface area contributed by atoms with Crippen LogP contribution >= 0.6 is 0 Å². The number of carbonyl (C=O) groups is 1. The maximum Gasteiger partial charge on any atom is 0.159 e. The Hall–Kier alpha value is -3.61. The number of carbonyl (C=O) groups excluding carboxylic acids is 1. The van der Waals surface area contributed by atoms with E-state index in [1.807, 2.05) is 30.3 Å². The van der Waals surface area contributed by atoms with Crippen molar-refractivity contribution >= 4 is 28.8 Å². The van der Waals surface area contributed by atoms with Crippen LogP contribution in [0.5, 0.6) is 5.75 Å². The van der Waals surface area contributed by atoms with Gasteiger partial charge in [-0.15, -0.1) is 0 Å². The van der Waals surface area contributed by atoms with Crippen molar-refractivity contribution in [3.05, 3.63) is 66.0 Å². The third-order valence-corrected chi connectivity index (χ3v) is 4.03. The zero-order valence-corrected chi connectivity index (χ0v) is 15.2. The van der Waals surface area contributed by atoms with Crippen LogP contribution in [0.3, 0.4) is 0 Å². The Morgan fingerprint density at radius 1 is 1.11 bits per heavy atom. The lowest BCUT2D eigenvalue weighted by atomic mass is 10.1. The fraction of sp³-hybridized carbons (Fsp3) is 0.150. The second-order valence-corrected chi connectivity index (χ2v) is 5.95. The predicted molar refractivity (Wildman–Crippen MR) is 106 cm³/mol. The van der Waals surface area contributed by atoms with Gasteiger partial charge in [-0.05, 0) is 36.8 Å². The molecule has 0 atom stereocenters. The first-order valence-electron chi connectivity index (χ1n) is 8.42. The lowest BCUT2D eigenvalue weighted by molar-refractivity contribution is 0.101. The van der Waals surface area contributed by atoms with Crippen molar-refractivity contribution in [2.45, 2.75) is 13.5 Å². The molecule has 27 heavy (non-hydrogen) atoms. The first kappa shape index (κ1) is 18.2. The number of nitrogen functional groups attached to an aromatic ring is 1. The molecule has 3 rings (SSSR count). The van der Waals surface area contributed by atoms with Crippen molar-refractivity contribution in [3.63, 3.8) is 0 Å². The summed E-state index contributed by atoms with van der Waals surface area (Å²) in [6.45, 7) is 2.09. The minimum Gasteiger partial charge on any atom is -0.497 e. The van der Waals surface area contributed by atoms with Crippen LogP contribution in [0.2, 0.25) is 0 Å². The Kier molecular flexibility index (Phi) is 5.51. The highest BCUT2D eigenvalue weighted by molar-refractivity contribution is 5.95. The highest BCUT2D eigenvalue weighted by atomic mass is 16.5. The summed E-state index contributed by atoms with van der Waals surface area (Å²) in [6.07, 6.45) is 1.43. The maximum absolute atomic E-state index is 11.5. The molecule has 0 fully saturated rings. The highest BCUT2D eigenvalue weighted by Gasteiger charge is 2.09. The topological polar surface area (TPSA) is 102 Å². The van der Waals surface area contributed by atoms with Gasteiger partial charge in [0.15, 0.2) is 17.4 Å². The number of ketones is 1. The third-order valence-electron chi connectivity index (χ3n) is 4.03. The lowest BCUT2D eigenvalue weighted by Crippen LogP contribution is -2.08. The molecule has 1 aromatic heterocycles. The molecule has 1 heterocycles. The normalized spacial score (nSPS) is 10.3. The smallest absolute Gasteiger partial charge is 0.159 e. The number of methoxy groups -OCH3 is 1. The van der Waals surface area contributed by atoms with Gasteiger partial charge in [0.1, 0.15) is 17.8 Å². The molecule has 0 amide bonds. The van der Waals surface area contributed by atoms with E-state index in [0.29, 0.717) is 29.4 Å². The summed E-state index contributed by atoms with van der Waals surface area (Å²) in [5.41, 5.74) is 9.02. The first-order valence-corrected chi connectivity index (χ1v) is 8.42. The summed E-state index contributed by atoms with van der Waals surface area (Å²) in [5, 5.41) is 6.35. The number of aromatic nitrogens is 2. The van der Waals surface area contributed by atoms with E-state index in [2.05, 4.69) is 20.6 Å². The van der Waals surface area contributed by atoms with Gasteiger partial charge < -0.3 is 21.1 Å². The number of ether oxygens (including phenoxy) is 1. The van der Waals surface area contributed by atoms with Crippen LogP contribution in [0, 0.1) is 0 Å². The van der Waals surface area contributed by atoms with E-state index in [0.717, 1.165) is 17.0 Å². The zero-order chi connectivity index (χ0) is 19.2. The second-order valence-electron chi connectivity index (χ2n) is 5.95. The monoisotopic (exact) mass is 363 g/mol. The molecular formula is C20H21N5O2. The quantitative estimate of drug-likeness (QED) is 0.551. The molecule has 138 valence electrons. The van der Waals surface area contributed by atoms with E-state index in [1.165, 1.54) is 13.3 Å². The fourth-order valence-electron chi connectivity index (χ4n) is 2.52. The molecule has 0 spiro atoms. The first-order chi connectivity index (χ1) is 13.1. The molecule has 0 bridgehead atoms. The van der Waals surface area contributed by atoms with Gasteiger partial charge in [-0.3, -0.25) is 4.79 Å². The number of Topliss-reactive ketones (excluding diaryl/α,β-unsaturated/α-hetero) is 1. The Morgan fingerprint density at radius 2 is 1.85 bits per heavy atom. The SMILES string of the molecule is COc1ccc(CNc2ncnc(Nc3cccc(C(C)=O)c3)c2N)cc1. The summed E-state index contributed by atoms with van der Waals surface area (Å²) in [6, 6.07) is 14.9. The number of anilines is 4. The number of benzene rings is 2. The molecule has 0 aliphatic heterocycles.